The summed E-state index contributed by atoms with van der Waals surface area (Å²) in [7, 11) is 1.25. The number of hydrogen-bond acceptors (Lipinski definition) is 4. The first kappa shape index (κ1) is 12.5. The highest BCUT2D eigenvalue weighted by atomic mass is 16.5. The maximum absolute atomic E-state index is 11.7. The van der Waals surface area contributed by atoms with Crippen LogP contribution in [0.4, 0.5) is 4.79 Å². The van der Waals surface area contributed by atoms with E-state index in [-0.39, 0.29) is 12.5 Å². The molecule has 1 saturated heterocycles. The third-order valence-electron chi connectivity index (χ3n) is 3.09. The van der Waals surface area contributed by atoms with Crippen LogP contribution in [0.1, 0.15) is 26.7 Å². The molecule has 0 unspecified atom stereocenters. The third kappa shape index (κ3) is 1.75. The van der Waals surface area contributed by atoms with Crippen molar-refractivity contribution >= 4 is 17.9 Å². The third-order valence-corrected chi connectivity index (χ3v) is 3.09. The maximum atomic E-state index is 11.7. The molecule has 16 heavy (non-hydrogen) atoms. The Morgan fingerprint density at radius 2 is 1.94 bits per heavy atom. The summed E-state index contributed by atoms with van der Waals surface area (Å²) in [5.74, 6) is -0.873. The van der Waals surface area contributed by atoms with Crippen LogP contribution < -0.4 is 5.32 Å². The summed E-state index contributed by atoms with van der Waals surface area (Å²) in [5, 5.41) is 2.23. The van der Waals surface area contributed by atoms with Gasteiger partial charge in [0, 0.05) is 0 Å². The van der Waals surface area contributed by atoms with Crippen LogP contribution in [0, 0.1) is 0 Å². The number of carbonyl (C=O) groups excluding carboxylic acids is 3. The Bertz CT molecular complexity index is 323. The lowest BCUT2D eigenvalue weighted by Crippen LogP contribution is -2.50. The lowest BCUT2D eigenvalue weighted by Gasteiger charge is -2.32. The number of rotatable bonds is 4. The van der Waals surface area contributed by atoms with Gasteiger partial charge in [0.2, 0.25) is 0 Å². The van der Waals surface area contributed by atoms with Gasteiger partial charge in [-0.25, -0.2) is 4.79 Å². The number of carbonyl (C=O) groups is 3. The second-order valence-electron chi connectivity index (χ2n) is 3.66. The van der Waals surface area contributed by atoms with Gasteiger partial charge in [-0.2, -0.15) is 0 Å². The summed E-state index contributed by atoms with van der Waals surface area (Å²) < 4.78 is 4.51. The van der Waals surface area contributed by atoms with Gasteiger partial charge >= 0.3 is 12.0 Å². The summed E-state index contributed by atoms with van der Waals surface area (Å²) in [6.45, 7) is 3.42. The van der Waals surface area contributed by atoms with Crippen LogP contribution >= 0.6 is 0 Å². The van der Waals surface area contributed by atoms with E-state index in [1.807, 2.05) is 13.8 Å². The number of hydrogen-bond donors (Lipinski definition) is 1. The molecular formula is C10H16N2O4. The molecule has 1 aliphatic heterocycles. The summed E-state index contributed by atoms with van der Waals surface area (Å²) in [5.41, 5.74) is -0.911. The normalized spacial score (nSPS) is 18.6. The van der Waals surface area contributed by atoms with Crippen LogP contribution in [0.5, 0.6) is 0 Å². The van der Waals surface area contributed by atoms with Crippen molar-refractivity contribution in [1.82, 2.24) is 10.2 Å². The van der Waals surface area contributed by atoms with Gasteiger partial charge in [-0.15, -0.1) is 0 Å². The second-order valence-corrected chi connectivity index (χ2v) is 3.66. The first-order valence-corrected chi connectivity index (χ1v) is 5.21. The Hall–Kier alpha value is -1.59. The zero-order valence-electron chi connectivity index (χ0n) is 9.70. The molecule has 0 spiro atoms. The highest BCUT2D eigenvalue weighted by molar-refractivity contribution is 6.07. The molecule has 6 nitrogen and oxygen atoms in total. The lowest BCUT2D eigenvalue weighted by molar-refractivity contribution is -0.143. The van der Waals surface area contributed by atoms with Crippen molar-refractivity contribution in [3.8, 4) is 0 Å². The Morgan fingerprint density at radius 3 is 2.38 bits per heavy atom. The fourth-order valence-corrected chi connectivity index (χ4v) is 1.97. The van der Waals surface area contributed by atoms with Crippen molar-refractivity contribution in [2.24, 2.45) is 0 Å². The van der Waals surface area contributed by atoms with Gasteiger partial charge in [-0.1, -0.05) is 13.8 Å². The van der Waals surface area contributed by atoms with E-state index in [1.165, 1.54) is 12.0 Å². The molecule has 1 rings (SSSR count). The molecule has 0 bridgehead atoms. The van der Waals surface area contributed by atoms with Gasteiger partial charge < -0.3 is 4.74 Å². The predicted octanol–water partition coefficient (Wildman–Crippen LogP) is 0.270. The van der Waals surface area contributed by atoms with E-state index in [1.54, 1.807) is 0 Å². The van der Waals surface area contributed by atoms with Gasteiger partial charge in [0.05, 0.1) is 7.11 Å². The lowest BCUT2D eigenvalue weighted by atomic mass is 9.91. The standard InChI is InChI=1S/C10H16N2O4/c1-4-10(5-2)8(14)11-9(15)12(10)6-7(13)16-3/h4-6H2,1-3H3,(H,11,14,15). The van der Waals surface area contributed by atoms with Crippen molar-refractivity contribution in [3.63, 3.8) is 0 Å². The minimum absolute atomic E-state index is 0.199. The number of amides is 3. The average molecular weight is 228 g/mol. The van der Waals surface area contributed by atoms with Crippen LogP contribution in [0.15, 0.2) is 0 Å². The quantitative estimate of drug-likeness (QED) is 0.553. The van der Waals surface area contributed by atoms with Gasteiger partial charge in [0.15, 0.2) is 0 Å². The van der Waals surface area contributed by atoms with Crippen LogP contribution in [-0.2, 0) is 14.3 Å². The van der Waals surface area contributed by atoms with Crippen LogP contribution in [-0.4, -0.2) is 42.0 Å². The maximum Gasteiger partial charge on any atom is 0.325 e. The molecule has 0 aromatic carbocycles. The molecular weight excluding hydrogens is 212 g/mol. The zero-order valence-corrected chi connectivity index (χ0v) is 9.70. The number of esters is 1. The van der Waals surface area contributed by atoms with Crippen molar-refractivity contribution in [2.45, 2.75) is 32.2 Å². The van der Waals surface area contributed by atoms with E-state index in [0.717, 1.165) is 0 Å². The zero-order chi connectivity index (χ0) is 12.3. The molecule has 6 heteroatoms. The molecule has 0 saturated carbocycles. The molecule has 1 aliphatic rings. The van der Waals surface area contributed by atoms with E-state index < -0.39 is 17.5 Å². The Labute approximate surface area is 93.9 Å². The van der Waals surface area contributed by atoms with Crippen molar-refractivity contribution in [2.75, 3.05) is 13.7 Å². The summed E-state index contributed by atoms with van der Waals surface area (Å²) in [6, 6.07) is -0.529. The Morgan fingerprint density at radius 1 is 1.38 bits per heavy atom. The molecule has 0 aliphatic carbocycles. The van der Waals surface area contributed by atoms with Crippen LogP contribution in [0.2, 0.25) is 0 Å². The SMILES string of the molecule is CCC1(CC)C(=O)NC(=O)N1CC(=O)OC. The van der Waals surface area contributed by atoms with E-state index >= 15 is 0 Å². The number of urea groups is 1. The minimum Gasteiger partial charge on any atom is -0.468 e. The van der Waals surface area contributed by atoms with Gasteiger partial charge in [0.25, 0.3) is 5.91 Å². The molecule has 1 heterocycles. The Kier molecular flexibility index (Phi) is 3.51. The van der Waals surface area contributed by atoms with Crippen molar-refractivity contribution in [1.29, 1.82) is 0 Å². The molecule has 0 aromatic rings. The molecule has 0 atom stereocenters. The number of imide groups is 1. The smallest absolute Gasteiger partial charge is 0.325 e. The average Bonchev–Trinajstić information content (AvgIpc) is 2.51. The minimum atomic E-state index is -0.911. The highest BCUT2D eigenvalue weighted by Crippen LogP contribution is 2.28. The van der Waals surface area contributed by atoms with Crippen LogP contribution in [0.25, 0.3) is 0 Å². The first-order valence-electron chi connectivity index (χ1n) is 5.21. The van der Waals surface area contributed by atoms with Gasteiger partial charge in [-0.05, 0) is 12.8 Å². The molecule has 90 valence electrons. The number of nitrogens with zero attached hydrogens (tertiary/aromatic N) is 1. The molecule has 0 aromatic heterocycles. The van der Waals surface area contributed by atoms with E-state index in [9.17, 15) is 14.4 Å². The predicted molar refractivity (Wildman–Crippen MR) is 55.6 cm³/mol. The fraction of sp³-hybridized carbons (Fsp3) is 0.700. The van der Waals surface area contributed by atoms with E-state index in [4.69, 9.17) is 0 Å². The van der Waals surface area contributed by atoms with Crippen molar-refractivity contribution in [3.05, 3.63) is 0 Å². The molecule has 3 amide bonds. The highest BCUT2D eigenvalue weighted by Gasteiger charge is 2.50. The Balaban J connectivity index is 2.98. The summed E-state index contributed by atoms with van der Waals surface area (Å²) in [4.78, 5) is 35.7. The summed E-state index contributed by atoms with van der Waals surface area (Å²) in [6.07, 6.45) is 0.941. The monoisotopic (exact) mass is 228 g/mol. The molecule has 1 N–H and O–H groups in total. The first-order chi connectivity index (χ1) is 7.51. The fourth-order valence-electron chi connectivity index (χ4n) is 1.97. The van der Waals surface area contributed by atoms with E-state index in [0.29, 0.717) is 12.8 Å². The van der Waals surface area contributed by atoms with Gasteiger partial charge in [-0.3, -0.25) is 19.8 Å². The summed E-state index contributed by atoms with van der Waals surface area (Å²) >= 11 is 0. The van der Waals surface area contributed by atoms with E-state index in [2.05, 4.69) is 10.1 Å². The van der Waals surface area contributed by atoms with Crippen LogP contribution in [0.3, 0.4) is 0 Å². The number of ether oxygens (including phenoxy) is 1. The number of nitrogens with one attached hydrogen (secondary N) is 1. The van der Waals surface area contributed by atoms with Crippen molar-refractivity contribution < 1.29 is 19.1 Å². The topological polar surface area (TPSA) is 75.7 Å². The largest absolute Gasteiger partial charge is 0.468 e. The second kappa shape index (κ2) is 4.51. The molecule has 1 fully saturated rings. The van der Waals surface area contributed by atoms with Gasteiger partial charge in [0.1, 0.15) is 12.1 Å². The number of methoxy groups -OCH3 is 1. The molecule has 0 radical (unpaired) electrons.